The number of aliphatic carboxylic acids is 1. The number of benzene rings is 1. The maximum Gasteiger partial charge on any atom is 0.322 e. The van der Waals surface area contributed by atoms with Gasteiger partial charge >= 0.3 is 5.97 Å². The number of Topliss-reactive ketones (excluding diaryl/α,β-unsaturated/α-hetero) is 1. The van der Waals surface area contributed by atoms with Crippen molar-refractivity contribution in [1.82, 2.24) is 10.2 Å². The third-order valence-electron chi connectivity index (χ3n) is 4.48. The maximum absolute atomic E-state index is 12.8. The van der Waals surface area contributed by atoms with Gasteiger partial charge in [0.05, 0.1) is 6.04 Å². The van der Waals surface area contributed by atoms with Crippen molar-refractivity contribution in [2.24, 2.45) is 5.92 Å². The van der Waals surface area contributed by atoms with Crippen LogP contribution in [0.25, 0.3) is 0 Å². The van der Waals surface area contributed by atoms with E-state index in [2.05, 4.69) is 5.32 Å². The topological polar surface area (TPSA) is 104 Å². The molecule has 0 aliphatic heterocycles. The molecule has 2 atom stereocenters. The van der Waals surface area contributed by atoms with Crippen LogP contribution in [0.5, 0.6) is 0 Å². The van der Waals surface area contributed by atoms with Crippen molar-refractivity contribution < 1.29 is 24.3 Å². The summed E-state index contributed by atoms with van der Waals surface area (Å²) in [4.78, 5) is 49.3. The van der Waals surface area contributed by atoms with Gasteiger partial charge in [0, 0.05) is 25.8 Å². The SMILES string of the molecule is CCC(=O)N(C)[C@H](CC)C(=O)C[C@H](Cc1ccccc1)C(=O)NCC(=O)O. The summed E-state index contributed by atoms with van der Waals surface area (Å²) < 4.78 is 0. The van der Waals surface area contributed by atoms with Gasteiger partial charge in [-0.05, 0) is 18.4 Å². The van der Waals surface area contributed by atoms with E-state index in [9.17, 15) is 19.2 Å². The molecule has 0 aliphatic carbocycles. The van der Waals surface area contributed by atoms with Crippen LogP contribution in [0, 0.1) is 5.92 Å². The summed E-state index contributed by atoms with van der Waals surface area (Å²) >= 11 is 0. The van der Waals surface area contributed by atoms with Crippen molar-refractivity contribution in [2.45, 2.75) is 45.6 Å². The number of hydrogen-bond acceptors (Lipinski definition) is 4. The van der Waals surface area contributed by atoms with E-state index in [4.69, 9.17) is 5.11 Å². The Labute approximate surface area is 159 Å². The molecule has 0 spiro atoms. The van der Waals surface area contributed by atoms with E-state index in [-0.39, 0.29) is 18.1 Å². The predicted molar refractivity (Wildman–Crippen MR) is 101 cm³/mol. The van der Waals surface area contributed by atoms with Crippen LogP contribution in [-0.2, 0) is 25.6 Å². The first kappa shape index (κ1) is 22.3. The molecule has 0 heterocycles. The molecule has 7 nitrogen and oxygen atoms in total. The fraction of sp³-hybridized carbons (Fsp3) is 0.500. The molecule has 0 fully saturated rings. The third kappa shape index (κ3) is 7.21. The van der Waals surface area contributed by atoms with Crippen LogP contribution in [0.15, 0.2) is 30.3 Å². The molecule has 148 valence electrons. The first-order valence-electron chi connectivity index (χ1n) is 9.11. The van der Waals surface area contributed by atoms with Crippen LogP contribution in [0.3, 0.4) is 0 Å². The van der Waals surface area contributed by atoms with Gasteiger partial charge in [-0.2, -0.15) is 0 Å². The average molecular weight is 376 g/mol. The smallest absolute Gasteiger partial charge is 0.322 e. The molecule has 27 heavy (non-hydrogen) atoms. The standard InChI is InChI=1S/C20H28N2O5/c1-4-16(22(3)18(24)5-2)17(23)12-15(20(27)21-13-19(25)26)11-14-9-7-6-8-10-14/h6-10,15-16H,4-5,11-13H2,1-3H3,(H,21,27)(H,25,26)/t15-,16+/m0/s1. The van der Waals surface area contributed by atoms with E-state index < -0.39 is 30.4 Å². The van der Waals surface area contributed by atoms with Crippen molar-refractivity contribution in [3.05, 3.63) is 35.9 Å². The molecule has 0 bridgehead atoms. The Morgan fingerprint density at radius 2 is 1.74 bits per heavy atom. The fourth-order valence-electron chi connectivity index (χ4n) is 2.98. The first-order chi connectivity index (χ1) is 12.8. The predicted octanol–water partition coefficient (Wildman–Crippen LogP) is 1.65. The number of carboxylic acid groups (broad SMARTS) is 1. The number of hydrogen-bond donors (Lipinski definition) is 2. The minimum Gasteiger partial charge on any atom is -0.480 e. The van der Waals surface area contributed by atoms with Crippen LogP contribution in [0.4, 0.5) is 0 Å². The van der Waals surface area contributed by atoms with Gasteiger partial charge in [-0.15, -0.1) is 0 Å². The monoisotopic (exact) mass is 376 g/mol. The lowest BCUT2D eigenvalue weighted by molar-refractivity contribution is -0.140. The molecular formula is C20H28N2O5. The van der Waals surface area contributed by atoms with Crippen LogP contribution in [0.1, 0.15) is 38.7 Å². The van der Waals surface area contributed by atoms with Crippen molar-refractivity contribution in [3.63, 3.8) is 0 Å². The summed E-state index contributed by atoms with van der Waals surface area (Å²) in [5, 5.41) is 11.1. The van der Waals surface area contributed by atoms with Crippen LogP contribution in [0.2, 0.25) is 0 Å². The summed E-state index contributed by atoms with van der Waals surface area (Å²) in [6, 6.07) is 8.64. The fourth-order valence-corrected chi connectivity index (χ4v) is 2.98. The van der Waals surface area contributed by atoms with E-state index in [1.165, 1.54) is 4.90 Å². The van der Waals surface area contributed by atoms with Gasteiger partial charge in [-0.25, -0.2) is 0 Å². The lowest BCUT2D eigenvalue weighted by atomic mass is 9.90. The normalized spacial score (nSPS) is 12.7. The first-order valence-corrected chi connectivity index (χ1v) is 9.11. The Hall–Kier alpha value is -2.70. The quantitative estimate of drug-likeness (QED) is 0.611. The minimum atomic E-state index is -1.15. The van der Waals surface area contributed by atoms with Crippen molar-refractivity contribution in [3.8, 4) is 0 Å². The van der Waals surface area contributed by atoms with E-state index in [1.807, 2.05) is 37.3 Å². The number of carbonyl (C=O) groups excluding carboxylic acids is 3. The second-order valence-corrected chi connectivity index (χ2v) is 6.45. The molecule has 0 saturated carbocycles. The van der Waals surface area contributed by atoms with Gasteiger partial charge in [-0.1, -0.05) is 44.2 Å². The highest BCUT2D eigenvalue weighted by Crippen LogP contribution is 2.17. The lowest BCUT2D eigenvalue weighted by Gasteiger charge is -2.27. The molecule has 1 rings (SSSR count). The summed E-state index contributed by atoms with van der Waals surface area (Å²) in [5.41, 5.74) is 0.881. The van der Waals surface area contributed by atoms with Crippen molar-refractivity contribution in [2.75, 3.05) is 13.6 Å². The molecule has 0 aliphatic rings. The second-order valence-electron chi connectivity index (χ2n) is 6.45. The number of amides is 2. The molecule has 0 saturated heterocycles. The lowest BCUT2D eigenvalue weighted by Crippen LogP contribution is -2.44. The van der Waals surface area contributed by atoms with E-state index >= 15 is 0 Å². The Kier molecular flexibility index (Phi) is 9.19. The molecule has 7 heteroatoms. The molecule has 2 amide bonds. The van der Waals surface area contributed by atoms with E-state index in [0.717, 1.165) is 5.56 Å². The molecule has 1 aromatic rings. The van der Waals surface area contributed by atoms with Gasteiger partial charge in [0.15, 0.2) is 5.78 Å². The van der Waals surface area contributed by atoms with Crippen LogP contribution in [-0.4, -0.2) is 53.2 Å². The largest absolute Gasteiger partial charge is 0.480 e. The zero-order valence-electron chi connectivity index (χ0n) is 16.1. The molecule has 1 aromatic carbocycles. The maximum atomic E-state index is 12.8. The van der Waals surface area contributed by atoms with Crippen LogP contribution >= 0.6 is 0 Å². The molecule has 0 radical (unpaired) electrons. The van der Waals surface area contributed by atoms with E-state index in [0.29, 0.717) is 19.3 Å². The van der Waals surface area contributed by atoms with E-state index in [1.54, 1.807) is 14.0 Å². The number of likely N-dealkylation sites (N-methyl/N-ethyl adjacent to an activating group) is 1. The van der Waals surface area contributed by atoms with Crippen molar-refractivity contribution in [1.29, 1.82) is 0 Å². The van der Waals surface area contributed by atoms with Gasteiger partial charge in [0.2, 0.25) is 11.8 Å². The zero-order chi connectivity index (χ0) is 20.4. The van der Waals surface area contributed by atoms with Gasteiger partial charge in [-0.3, -0.25) is 19.2 Å². The van der Waals surface area contributed by atoms with Crippen LogP contribution < -0.4 is 5.32 Å². The number of nitrogens with zero attached hydrogens (tertiary/aromatic N) is 1. The highest BCUT2D eigenvalue weighted by atomic mass is 16.4. The van der Waals surface area contributed by atoms with Gasteiger partial charge in [0.1, 0.15) is 6.54 Å². The highest BCUT2D eigenvalue weighted by Gasteiger charge is 2.29. The average Bonchev–Trinajstić information content (AvgIpc) is 2.66. The Morgan fingerprint density at radius 3 is 2.26 bits per heavy atom. The number of ketones is 1. The summed E-state index contributed by atoms with van der Waals surface area (Å²) in [6.07, 6.45) is 1.02. The van der Waals surface area contributed by atoms with Gasteiger partial charge in [0.25, 0.3) is 0 Å². The second kappa shape index (κ2) is 11.1. The number of rotatable bonds is 11. The zero-order valence-corrected chi connectivity index (χ0v) is 16.1. The van der Waals surface area contributed by atoms with Crippen molar-refractivity contribution >= 4 is 23.6 Å². The Bertz CT molecular complexity index is 660. The Morgan fingerprint density at radius 1 is 1.11 bits per heavy atom. The summed E-state index contributed by atoms with van der Waals surface area (Å²) in [5.74, 6) is -2.65. The third-order valence-corrected chi connectivity index (χ3v) is 4.48. The Balaban J connectivity index is 2.93. The summed E-state index contributed by atoms with van der Waals surface area (Å²) in [7, 11) is 1.59. The molecule has 0 unspecified atom stereocenters. The number of nitrogens with one attached hydrogen (secondary N) is 1. The van der Waals surface area contributed by atoms with Gasteiger partial charge < -0.3 is 15.3 Å². The molecular weight excluding hydrogens is 348 g/mol. The summed E-state index contributed by atoms with van der Waals surface area (Å²) in [6.45, 7) is 3.05. The highest BCUT2D eigenvalue weighted by molar-refractivity contribution is 5.93. The molecule has 2 N–H and O–H groups in total. The number of carboxylic acids is 1. The molecule has 0 aromatic heterocycles. The number of carbonyl (C=O) groups is 4. The minimum absolute atomic E-state index is 0.0554.